The third-order valence-corrected chi connectivity index (χ3v) is 4.17. The number of halogens is 2. The first-order valence-electron chi connectivity index (χ1n) is 7.82. The van der Waals surface area contributed by atoms with Crippen molar-refractivity contribution in [1.29, 1.82) is 0 Å². The molecule has 3 rings (SSSR count). The molecule has 1 amide bonds. The summed E-state index contributed by atoms with van der Waals surface area (Å²) in [4.78, 5) is 24.2. The minimum atomic E-state index is -0.618. The van der Waals surface area contributed by atoms with Gasteiger partial charge in [-0.25, -0.2) is 9.18 Å². The molecule has 1 aromatic heterocycles. The summed E-state index contributed by atoms with van der Waals surface area (Å²) in [6.45, 7) is 1.54. The molecule has 0 radical (unpaired) electrons. The van der Waals surface area contributed by atoms with Crippen LogP contribution in [0.25, 0.3) is 11.3 Å². The summed E-state index contributed by atoms with van der Waals surface area (Å²) in [7, 11) is 1.28. The van der Waals surface area contributed by atoms with Crippen LogP contribution in [0.2, 0.25) is 5.02 Å². The van der Waals surface area contributed by atoms with Crippen molar-refractivity contribution >= 4 is 29.2 Å². The minimum Gasteiger partial charge on any atom is -0.465 e. The molecule has 138 valence electrons. The Balaban J connectivity index is 1.92. The van der Waals surface area contributed by atoms with Gasteiger partial charge in [0.2, 0.25) is 0 Å². The Bertz CT molecular complexity index is 995. The molecule has 0 unspecified atom stereocenters. The van der Waals surface area contributed by atoms with E-state index >= 15 is 0 Å². The standard InChI is InChI=1S/C19H14ClFN2O4/c1-10-15(17(23-27-10)16-13(20)4-3-5-14(16)21)18(24)22-12-8-6-11(7-9-12)19(25)26-2/h3-9H,1-2H3,(H,22,24). The maximum atomic E-state index is 14.2. The van der Waals surface area contributed by atoms with Crippen LogP contribution >= 0.6 is 11.6 Å². The summed E-state index contributed by atoms with van der Waals surface area (Å²) < 4.78 is 23.9. The summed E-state index contributed by atoms with van der Waals surface area (Å²) in [5, 5.41) is 6.57. The van der Waals surface area contributed by atoms with E-state index in [1.807, 2.05) is 0 Å². The highest BCUT2D eigenvalue weighted by molar-refractivity contribution is 6.33. The number of aromatic nitrogens is 1. The van der Waals surface area contributed by atoms with Gasteiger partial charge in [0.1, 0.15) is 22.8 Å². The predicted molar refractivity (Wildman–Crippen MR) is 97.4 cm³/mol. The molecule has 2 aromatic carbocycles. The molecule has 0 aliphatic heterocycles. The van der Waals surface area contributed by atoms with Crippen LogP contribution in [0.4, 0.5) is 10.1 Å². The largest absolute Gasteiger partial charge is 0.465 e. The van der Waals surface area contributed by atoms with Gasteiger partial charge >= 0.3 is 5.97 Å². The third-order valence-electron chi connectivity index (χ3n) is 3.85. The number of hydrogen-bond donors (Lipinski definition) is 1. The van der Waals surface area contributed by atoms with Crippen molar-refractivity contribution in [2.45, 2.75) is 6.92 Å². The number of hydrogen-bond acceptors (Lipinski definition) is 5. The van der Waals surface area contributed by atoms with Crippen LogP contribution in [0, 0.1) is 12.7 Å². The highest BCUT2D eigenvalue weighted by Crippen LogP contribution is 2.33. The number of carbonyl (C=O) groups is 2. The normalized spacial score (nSPS) is 10.5. The quantitative estimate of drug-likeness (QED) is 0.666. The van der Waals surface area contributed by atoms with Crippen LogP contribution in [0.3, 0.4) is 0 Å². The van der Waals surface area contributed by atoms with Gasteiger partial charge in [0.25, 0.3) is 5.91 Å². The van der Waals surface area contributed by atoms with Crippen LogP contribution in [0.5, 0.6) is 0 Å². The molecule has 6 nitrogen and oxygen atoms in total. The van der Waals surface area contributed by atoms with Crippen molar-refractivity contribution in [2.75, 3.05) is 12.4 Å². The van der Waals surface area contributed by atoms with Crippen molar-refractivity contribution < 1.29 is 23.2 Å². The van der Waals surface area contributed by atoms with E-state index in [4.69, 9.17) is 16.1 Å². The maximum Gasteiger partial charge on any atom is 0.337 e. The number of anilines is 1. The van der Waals surface area contributed by atoms with Crippen LogP contribution in [-0.4, -0.2) is 24.1 Å². The Morgan fingerprint density at radius 3 is 2.52 bits per heavy atom. The highest BCUT2D eigenvalue weighted by atomic mass is 35.5. The van der Waals surface area contributed by atoms with Crippen molar-refractivity contribution in [3.63, 3.8) is 0 Å². The van der Waals surface area contributed by atoms with Crippen LogP contribution in [0.1, 0.15) is 26.5 Å². The number of amides is 1. The van der Waals surface area contributed by atoms with Crippen molar-refractivity contribution in [1.82, 2.24) is 5.16 Å². The van der Waals surface area contributed by atoms with Gasteiger partial charge in [0.05, 0.1) is 23.3 Å². The monoisotopic (exact) mass is 388 g/mol. The van der Waals surface area contributed by atoms with Crippen molar-refractivity contribution in [2.24, 2.45) is 0 Å². The topological polar surface area (TPSA) is 81.4 Å². The van der Waals surface area contributed by atoms with E-state index in [2.05, 4.69) is 15.2 Å². The lowest BCUT2D eigenvalue weighted by molar-refractivity contribution is 0.0600. The van der Waals surface area contributed by atoms with Gasteiger partial charge in [0, 0.05) is 5.69 Å². The van der Waals surface area contributed by atoms with Gasteiger partial charge in [-0.1, -0.05) is 22.8 Å². The molecule has 0 saturated carbocycles. The summed E-state index contributed by atoms with van der Waals surface area (Å²) >= 11 is 6.07. The van der Waals surface area contributed by atoms with Crippen molar-refractivity contribution in [3.8, 4) is 11.3 Å². The molecule has 1 heterocycles. The number of esters is 1. The highest BCUT2D eigenvalue weighted by Gasteiger charge is 2.25. The summed E-state index contributed by atoms with van der Waals surface area (Å²) in [6, 6.07) is 10.3. The van der Waals surface area contributed by atoms with E-state index in [0.717, 1.165) is 0 Å². The number of ether oxygens (including phenoxy) is 1. The van der Waals surface area contributed by atoms with E-state index in [9.17, 15) is 14.0 Å². The van der Waals surface area contributed by atoms with Crippen LogP contribution < -0.4 is 5.32 Å². The Hall–Kier alpha value is -3.19. The lowest BCUT2D eigenvalue weighted by Gasteiger charge is -2.08. The molecular formula is C19H14ClFN2O4. The predicted octanol–water partition coefficient (Wildman–Crippen LogP) is 4.48. The van der Waals surface area contributed by atoms with Gasteiger partial charge in [0.15, 0.2) is 0 Å². The van der Waals surface area contributed by atoms with E-state index in [1.165, 1.54) is 37.4 Å². The number of aryl methyl sites for hydroxylation is 1. The average molecular weight is 389 g/mol. The second-order valence-electron chi connectivity index (χ2n) is 5.58. The number of nitrogens with zero attached hydrogens (tertiary/aromatic N) is 1. The molecule has 1 N–H and O–H groups in total. The zero-order valence-electron chi connectivity index (χ0n) is 14.4. The zero-order valence-corrected chi connectivity index (χ0v) is 15.1. The van der Waals surface area contributed by atoms with Gasteiger partial charge in [-0.3, -0.25) is 4.79 Å². The van der Waals surface area contributed by atoms with E-state index in [0.29, 0.717) is 11.3 Å². The third kappa shape index (κ3) is 3.68. The molecule has 0 saturated heterocycles. The molecule has 8 heteroatoms. The fraction of sp³-hybridized carbons (Fsp3) is 0.105. The molecule has 0 spiro atoms. The van der Waals surface area contributed by atoms with Gasteiger partial charge < -0.3 is 14.6 Å². The Kier molecular flexibility index (Phi) is 5.23. The lowest BCUT2D eigenvalue weighted by Crippen LogP contribution is -2.14. The SMILES string of the molecule is COC(=O)c1ccc(NC(=O)c2c(-c3c(F)cccc3Cl)noc2C)cc1. The number of rotatable bonds is 4. The lowest BCUT2D eigenvalue weighted by atomic mass is 10.0. The number of methoxy groups -OCH3 is 1. The Morgan fingerprint density at radius 1 is 1.19 bits per heavy atom. The average Bonchev–Trinajstić information content (AvgIpc) is 3.03. The minimum absolute atomic E-state index is 0.0118. The van der Waals surface area contributed by atoms with E-state index < -0.39 is 17.7 Å². The second-order valence-corrected chi connectivity index (χ2v) is 5.99. The maximum absolute atomic E-state index is 14.2. The van der Waals surface area contributed by atoms with Gasteiger partial charge in [-0.2, -0.15) is 0 Å². The Labute approximate surface area is 158 Å². The molecule has 0 aliphatic carbocycles. The number of carbonyl (C=O) groups excluding carboxylic acids is 2. The zero-order chi connectivity index (χ0) is 19.6. The Morgan fingerprint density at radius 2 is 1.89 bits per heavy atom. The number of benzene rings is 2. The first kappa shape index (κ1) is 18.6. The molecule has 3 aromatic rings. The van der Waals surface area contributed by atoms with E-state index in [1.54, 1.807) is 19.1 Å². The fourth-order valence-corrected chi connectivity index (χ4v) is 2.79. The summed E-state index contributed by atoms with van der Waals surface area (Å²) in [6.07, 6.45) is 0. The summed E-state index contributed by atoms with van der Waals surface area (Å²) in [5.74, 6) is -1.44. The molecule has 0 atom stereocenters. The molecule has 0 fully saturated rings. The van der Waals surface area contributed by atoms with E-state index in [-0.39, 0.29) is 27.6 Å². The molecule has 0 aliphatic rings. The first-order chi connectivity index (χ1) is 12.9. The first-order valence-corrected chi connectivity index (χ1v) is 8.20. The molecule has 0 bridgehead atoms. The van der Waals surface area contributed by atoms with Gasteiger partial charge in [-0.05, 0) is 43.3 Å². The smallest absolute Gasteiger partial charge is 0.337 e. The second kappa shape index (κ2) is 7.59. The summed E-state index contributed by atoms with van der Waals surface area (Å²) in [5.41, 5.74) is 0.842. The number of nitrogens with one attached hydrogen (secondary N) is 1. The van der Waals surface area contributed by atoms with Crippen molar-refractivity contribution in [3.05, 3.63) is 70.2 Å². The fourth-order valence-electron chi connectivity index (χ4n) is 2.54. The van der Waals surface area contributed by atoms with Gasteiger partial charge in [-0.15, -0.1) is 0 Å². The molecule has 27 heavy (non-hydrogen) atoms. The van der Waals surface area contributed by atoms with Crippen LogP contribution in [-0.2, 0) is 4.74 Å². The van der Waals surface area contributed by atoms with Crippen LogP contribution in [0.15, 0.2) is 47.0 Å². The molecular weight excluding hydrogens is 375 g/mol.